The third kappa shape index (κ3) is 3.81. The van der Waals surface area contributed by atoms with Gasteiger partial charge >= 0.3 is 0 Å². The molecule has 2 aliphatic rings. The first-order valence-electron chi connectivity index (χ1n) is 8.99. The lowest BCUT2D eigenvalue weighted by molar-refractivity contribution is 0.0924. The third-order valence-electron chi connectivity index (χ3n) is 5.00. The molecule has 1 heterocycles. The van der Waals surface area contributed by atoms with Gasteiger partial charge in [0, 0.05) is 19.1 Å². The predicted octanol–water partition coefficient (Wildman–Crippen LogP) is 2.92. The summed E-state index contributed by atoms with van der Waals surface area (Å²) in [6.45, 7) is 1.09. The van der Waals surface area contributed by atoms with Crippen molar-refractivity contribution in [1.82, 2.24) is 9.62 Å². The fraction of sp³-hybridized carbons (Fsp3) is 0.611. The summed E-state index contributed by atoms with van der Waals surface area (Å²) in [5.74, 6) is -0.266. The average molecular weight is 350 g/mol. The van der Waals surface area contributed by atoms with Crippen LogP contribution in [0.5, 0.6) is 0 Å². The van der Waals surface area contributed by atoms with E-state index >= 15 is 0 Å². The van der Waals surface area contributed by atoms with E-state index < -0.39 is 10.0 Å². The molecule has 24 heavy (non-hydrogen) atoms. The van der Waals surface area contributed by atoms with Gasteiger partial charge in [0.25, 0.3) is 5.91 Å². The first-order chi connectivity index (χ1) is 11.6. The van der Waals surface area contributed by atoms with E-state index in [-0.39, 0.29) is 22.4 Å². The van der Waals surface area contributed by atoms with E-state index in [9.17, 15) is 13.2 Å². The highest BCUT2D eigenvalue weighted by Crippen LogP contribution is 2.24. The zero-order chi connectivity index (χ0) is 17.0. The Labute approximate surface area is 144 Å². The summed E-state index contributed by atoms with van der Waals surface area (Å²) < 4.78 is 27.4. The van der Waals surface area contributed by atoms with Crippen molar-refractivity contribution in [2.24, 2.45) is 0 Å². The molecule has 1 aliphatic heterocycles. The summed E-state index contributed by atoms with van der Waals surface area (Å²) in [5.41, 5.74) is 0.272. The van der Waals surface area contributed by atoms with Gasteiger partial charge in [-0.25, -0.2) is 8.42 Å². The SMILES string of the molecule is O=C(NC1CCCCC1)c1ccccc1S(=O)(=O)N1CCCCC1. The summed E-state index contributed by atoms with van der Waals surface area (Å²) in [6.07, 6.45) is 8.25. The molecule has 1 saturated heterocycles. The average Bonchev–Trinajstić information content (AvgIpc) is 2.63. The molecule has 0 aromatic heterocycles. The summed E-state index contributed by atoms with van der Waals surface area (Å²) in [6, 6.07) is 6.76. The highest BCUT2D eigenvalue weighted by atomic mass is 32.2. The van der Waals surface area contributed by atoms with Crippen LogP contribution in [0.2, 0.25) is 0 Å². The van der Waals surface area contributed by atoms with Gasteiger partial charge in [0.2, 0.25) is 10.0 Å². The number of rotatable bonds is 4. The molecule has 1 aliphatic carbocycles. The van der Waals surface area contributed by atoms with Crippen molar-refractivity contribution in [3.05, 3.63) is 29.8 Å². The van der Waals surface area contributed by atoms with Crippen LogP contribution in [0.1, 0.15) is 61.7 Å². The number of benzene rings is 1. The van der Waals surface area contributed by atoms with Crippen LogP contribution >= 0.6 is 0 Å². The second-order valence-corrected chi connectivity index (χ2v) is 8.68. The highest BCUT2D eigenvalue weighted by Gasteiger charge is 2.30. The topological polar surface area (TPSA) is 66.5 Å². The predicted molar refractivity (Wildman–Crippen MR) is 93.4 cm³/mol. The number of hydrogen-bond acceptors (Lipinski definition) is 3. The monoisotopic (exact) mass is 350 g/mol. The molecule has 0 spiro atoms. The van der Waals surface area contributed by atoms with Gasteiger partial charge in [0.05, 0.1) is 10.5 Å². The Morgan fingerprint density at radius 2 is 1.58 bits per heavy atom. The quantitative estimate of drug-likeness (QED) is 0.908. The molecular weight excluding hydrogens is 324 g/mol. The fourth-order valence-corrected chi connectivity index (χ4v) is 5.34. The Morgan fingerprint density at radius 3 is 2.29 bits per heavy atom. The Morgan fingerprint density at radius 1 is 0.958 bits per heavy atom. The van der Waals surface area contributed by atoms with E-state index in [4.69, 9.17) is 0 Å². The highest BCUT2D eigenvalue weighted by molar-refractivity contribution is 7.89. The first-order valence-corrected chi connectivity index (χ1v) is 10.4. The van der Waals surface area contributed by atoms with Crippen molar-refractivity contribution in [2.45, 2.75) is 62.3 Å². The summed E-state index contributed by atoms with van der Waals surface area (Å²) in [4.78, 5) is 12.8. The summed E-state index contributed by atoms with van der Waals surface area (Å²) in [7, 11) is -3.61. The number of carbonyl (C=O) groups is 1. The standard InChI is InChI=1S/C18H26N2O3S/c21-18(19-15-9-3-1-4-10-15)16-11-5-6-12-17(16)24(22,23)20-13-7-2-8-14-20/h5-6,11-12,15H,1-4,7-10,13-14H2,(H,19,21). The maximum atomic E-state index is 13.0. The van der Waals surface area contributed by atoms with E-state index in [0.29, 0.717) is 13.1 Å². The molecule has 3 rings (SSSR count). The number of nitrogens with zero attached hydrogens (tertiary/aromatic N) is 1. The zero-order valence-corrected chi connectivity index (χ0v) is 14.9. The Hall–Kier alpha value is -1.40. The summed E-state index contributed by atoms with van der Waals surface area (Å²) in [5, 5.41) is 3.03. The van der Waals surface area contributed by atoms with Crippen molar-refractivity contribution in [2.75, 3.05) is 13.1 Å². The Kier molecular flexibility index (Phi) is 5.56. The van der Waals surface area contributed by atoms with Crippen LogP contribution in [-0.2, 0) is 10.0 Å². The molecular formula is C18H26N2O3S. The molecule has 6 heteroatoms. The largest absolute Gasteiger partial charge is 0.349 e. The van der Waals surface area contributed by atoms with E-state index in [2.05, 4.69) is 5.32 Å². The minimum atomic E-state index is -3.61. The maximum Gasteiger partial charge on any atom is 0.252 e. The second kappa shape index (κ2) is 7.66. The van der Waals surface area contributed by atoms with Gasteiger partial charge in [-0.2, -0.15) is 4.31 Å². The fourth-order valence-electron chi connectivity index (χ4n) is 3.63. The van der Waals surface area contributed by atoms with Gasteiger partial charge in [-0.15, -0.1) is 0 Å². The number of piperidine rings is 1. The van der Waals surface area contributed by atoms with Crippen molar-refractivity contribution < 1.29 is 13.2 Å². The number of nitrogens with one attached hydrogen (secondary N) is 1. The Balaban J connectivity index is 1.82. The molecule has 1 aromatic carbocycles. The lowest BCUT2D eigenvalue weighted by Gasteiger charge is -2.27. The van der Waals surface area contributed by atoms with Gasteiger partial charge in [0.15, 0.2) is 0 Å². The molecule has 0 bridgehead atoms. The van der Waals surface area contributed by atoms with E-state index in [1.165, 1.54) is 10.7 Å². The van der Waals surface area contributed by atoms with Crippen molar-refractivity contribution in [3.8, 4) is 0 Å². The lowest BCUT2D eigenvalue weighted by atomic mass is 9.95. The minimum Gasteiger partial charge on any atom is -0.349 e. The molecule has 0 radical (unpaired) electrons. The molecule has 1 N–H and O–H groups in total. The molecule has 5 nitrogen and oxygen atoms in total. The number of sulfonamides is 1. The van der Waals surface area contributed by atoms with Crippen molar-refractivity contribution >= 4 is 15.9 Å². The van der Waals surface area contributed by atoms with Crippen molar-refractivity contribution in [1.29, 1.82) is 0 Å². The van der Waals surface area contributed by atoms with Gasteiger partial charge in [-0.1, -0.05) is 37.8 Å². The van der Waals surface area contributed by atoms with E-state index in [1.807, 2.05) is 0 Å². The van der Waals surface area contributed by atoms with Crippen LogP contribution in [-0.4, -0.2) is 37.8 Å². The van der Waals surface area contributed by atoms with Crippen LogP contribution in [0.25, 0.3) is 0 Å². The van der Waals surface area contributed by atoms with Gasteiger partial charge < -0.3 is 5.32 Å². The molecule has 2 fully saturated rings. The molecule has 1 aromatic rings. The number of hydrogen-bond donors (Lipinski definition) is 1. The van der Waals surface area contributed by atoms with Crippen LogP contribution in [0.4, 0.5) is 0 Å². The second-order valence-electron chi connectivity index (χ2n) is 6.77. The van der Waals surface area contributed by atoms with Gasteiger partial charge in [0.1, 0.15) is 0 Å². The minimum absolute atomic E-state index is 0.139. The van der Waals surface area contributed by atoms with Crippen LogP contribution in [0.15, 0.2) is 29.2 Å². The molecule has 0 unspecified atom stereocenters. The molecule has 0 atom stereocenters. The molecule has 1 amide bonds. The van der Waals surface area contributed by atoms with Crippen LogP contribution in [0, 0.1) is 0 Å². The first kappa shape index (κ1) is 17.4. The molecule has 132 valence electrons. The van der Waals surface area contributed by atoms with E-state index in [1.54, 1.807) is 24.3 Å². The van der Waals surface area contributed by atoms with Gasteiger partial charge in [-0.05, 0) is 37.8 Å². The van der Waals surface area contributed by atoms with Gasteiger partial charge in [-0.3, -0.25) is 4.79 Å². The maximum absolute atomic E-state index is 13.0. The smallest absolute Gasteiger partial charge is 0.252 e. The summed E-state index contributed by atoms with van der Waals surface area (Å²) >= 11 is 0. The third-order valence-corrected chi connectivity index (χ3v) is 6.96. The van der Waals surface area contributed by atoms with Crippen LogP contribution in [0.3, 0.4) is 0 Å². The molecule has 1 saturated carbocycles. The van der Waals surface area contributed by atoms with Crippen molar-refractivity contribution in [3.63, 3.8) is 0 Å². The zero-order valence-electron chi connectivity index (χ0n) is 14.0. The van der Waals surface area contributed by atoms with E-state index in [0.717, 1.165) is 44.9 Å². The normalized spacial score (nSPS) is 20.7. The Bertz CT molecular complexity index is 675. The lowest BCUT2D eigenvalue weighted by Crippen LogP contribution is -2.39. The number of amides is 1. The van der Waals surface area contributed by atoms with Crippen LogP contribution < -0.4 is 5.32 Å². The number of carbonyl (C=O) groups excluding carboxylic acids is 1.